The van der Waals surface area contributed by atoms with Crippen molar-refractivity contribution in [3.05, 3.63) is 13.8 Å². The third kappa shape index (κ3) is 210. The maximum atomic E-state index is 8.26. The normalized spacial score (nSPS) is 9.58. The van der Waals surface area contributed by atoms with Crippen molar-refractivity contribution in [1.82, 2.24) is 0 Å². The zero-order valence-electron chi connectivity index (χ0n) is 14.3. The molecule has 0 saturated carbocycles. The van der Waals surface area contributed by atoms with Gasteiger partial charge < -0.3 is 43.2 Å². The topological polar surface area (TPSA) is 138 Å². The zero-order valence-corrected chi connectivity index (χ0v) is 19.7. The van der Waals surface area contributed by atoms with Gasteiger partial charge in [0.05, 0.1) is 0 Å². The Balaban J connectivity index is -0.0000000647. The average Bonchev–Trinajstić information content (AvgIpc) is 2.42. The Bertz CT molecular complexity index is 249. The summed E-state index contributed by atoms with van der Waals surface area (Å²) in [6.45, 7) is 4.24. The van der Waals surface area contributed by atoms with Gasteiger partial charge in [0.2, 0.25) is 0 Å². The van der Waals surface area contributed by atoms with Crippen LogP contribution in [0.15, 0.2) is 0 Å². The van der Waals surface area contributed by atoms with Gasteiger partial charge in [-0.3, -0.25) is 0 Å². The third-order valence-electron chi connectivity index (χ3n) is 1.71. The van der Waals surface area contributed by atoms with E-state index >= 15 is 0 Å². The van der Waals surface area contributed by atoms with Crippen molar-refractivity contribution in [2.24, 2.45) is 0 Å². The molecule has 6 N–H and O–H groups in total. The fraction of sp³-hybridized carbons (Fsp3) is 0.833. The second kappa shape index (κ2) is 29.3. The molecular formula is C12H32MoO7P2S2-2. The molecule has 0 atom stereocenters. The van der Waals surface area contributed by atoms with E-state index in [-0.39, 0.29) is 0 Å². The van der Waals surface area contributed by atoms with E-state index in [2.05, 4.69) is 51.3 Å². The second-order valence-corrected chi connectivity index (χ2v) is 9.14. The van der Waals surface area contributed by atoms with Gasteiger partial charge in [0.1, 0.15) is 0 Å². The Kier molecular flexibility index (Phi) is 44.5. The fourth-order valence-corrected chi connectivity index (χ4v) is 0.854. The molecule has 12 heteroatoms. The Morgan fingerprint density at radius 3 is 0.917 bits per heavy atom. The number of rotatable bonds is 6. The molecule has 0 rings (SSSR count). The summed E-state index contributed by atoms with van der Waals surface area (Å²) in [5, 5.41) is 0. The molecule has 24 heavy (non-hydrogen) atoms. The average molecular weight is 510 g/mol. The molecule has 0 aliphatic heterocycles. The van der Waals surface area contributed by atoms with Crippen molar-refractivity contribution in [2.75, 3.05) is 0 Å². The Morgan fingerprint density at radius 2 is 0.875 bits per heavy atom. The van der Waals surface area contributed by atoms with Crippen molar-refractivity contribution in [1.29, 1.82) is 0 Å². The van der Waals surface area contributed by atoms with Crippen LogP contribution in [0.1, 0.15) is 65.2 Å². The third-order valence-corrected chi connectivity index (χ3v) is 1.71. The number of hydrogen-bond acceptors (Lipinski definition) is 3. The van der Waals surface area contributed by atoms with E-state index < -0.39 is 13.4 Å². The van der Waals surface area contributed by atoms with Crippen molar-refractivity contribution in [3.63, 3.8) is 0 Å². The van der Waals surface area contributed by atoms with Gasteiger partial charge in [-0.25, -0.2) is 0 Å². The fourth-order valence-electron chi connectivity index (χ4n) is 0.854. The first-order valence-electron chi connectivity index (χ1n) is 7.15. The van der Waals surface area contributed by atoms with Gasteiger partial charge in [0.15, 0.2) is 0 Å². The molecule has 0 fully saturated rings. The predicted molar refractivity (Wildman–Crippen MR) is 102 cm³/mol. The minimum atomic E-state index is -3.81. The van der Waals surface area contributed by atoms with E-state index in [1.807, 2.05) is 0 Å². The number of hydrogen-bond donors (Lipinski definition) is 6. The van der Waals surface area contributed by atoms with E-state index in [0.717, 1.165) is 12.8 Å². The van der Waals surface area contributed by atoms with Crippen LogP contribution >= 0.6 is 13.4 Å². The summed E-state index contributed by atoms with van der Waals surface area (Å²) in [4.78, 5) is 45.3. The van der Waals surface area contributed by atoms with E-state index in [1.54, 1.807) is 0 Å². The van der Waals surface area contributed by atoms with Crippen LogP contribution in [0.5, 0.6) is 0 Å². The van der Waals surface area contributed by atoms with Crippen molar-refractivity contribution in [3.8, 4) is 0 Å². The van der Waals surface area contributed by atoms with Crippen molar-refractivity contribution in [2.45, 2.75) is 65.2 Å². The van der Waals surface area contributed by atoms with Gasteiger partial charge >= 0.3 is 36.6 Å². The van der Waals surface area contributed by atoms with E-state index in [1.165, 1.54) is 38.5 Å². The van der Waals surface area contributed by atoms with Gasteiger partial charge in [-0.1, -0.05) is 52.4 Å². The summed E-state index contributed by atoms with van der Waals surface area (Å²) in [6.07, 6.45) is 10.1. The predicted octanol–water partition coefficient (Wildman–Crippen LogP) is 3.06. The molecule has 0 aliphatic rings. The summed E-state index contributed by atoms with van der Waals surface area (Å²) >= 11 is 7.91. The Labute approximate surface area is 168 Å². The van der Waals surface area contributed by atoms with Crippen LogP contribution < -0.4 is 0 Å². The van der Waals surface area contributed by atoms with Gasteiger partial charge in [-0.15, -0.1) is 0 Å². The molecule has 0 heterocycles. The summed E-state index contributed by atoms with van der Waals surface area (Å²) in [5.74, 6) is 0. The zero-order chi connectivity index (χ0) is 20.7. The van der Waals surface area contributed by atoms with Gasteiger partial charge in [0.25, 0.3) is 0 Å². The molecule has 0 saturated heterocycles. The first-order valence-corrected chi connectivity index (χ1v) is 13.3. The van der Waals surface area contributed by atoms with Crippen LogP contribution in [-0.2, 0) is 46.8 Å². The maximum absolute atomic E-state index is 8.26. The summed E-state index contributed by atoms with van der Waals surface area (Å²) < 4.78 is 8.26. The summed E-state index contributed by atoms with van der Waals surface area (Å²) in [6, 6.07) is 0. The van der Waals surface area contributed by atoms with E-state index in [0.29, 0.717) is 19.8 Å². The molecular weight excluding hydrogens is 478 g/mol. The van der Waals surface area contributed by atoms with Crippen molar-refractivity contribution < 1.29 is 52.5 Å². The summed E-state index contributed by atoms with van der Waals surface area (Å²) in [7, 11) is 0. The van der Waals surface area contributed by atoms with Crippen molar-refractivity contribution >= 4 is 37.1 Å². The monoisotopic (exact) mass is 512 g/mol. The minimum absolute atomic E-state index is 0.700. The van der Waals surface area contributed by atoms with Crippen LogP contribution in [0.2, 0.25) is 0 Å². The molecule has 7 nitrogen and oxygen atoms in total. The Morgan fingerprint density at radius 1 is 0.708 bits per heavy atom. The first-order chi connectivity index (χ1) is 10.8. The molecule has 0 radical (unpaired) electrons. The van der Waals surface area contributed by atoms with E-state index in [9.17, 15) is 0 Å². The second-order valence-electron chi connectivity index (χ2n) is 4.15. The van der Waals surface area contributed by atoms with Gasteiger partial charge in [-0.05, 0) is 23.6 Å². The molecule has 0 aromatic heterocycles. The van der Waals surface area contributed by atoms with E-state index in [4.69, 9.17) is 32.8 Å². The molecule has 0 aromatic carbocycles. The Hall–Kier alpha value is 1.55. The molecule has 0 bridgehead atoms. The van der Waals surface area contributed by atoms with Crippen LogP contribution in [-0.4, -0.2) is 29.4 Å². The quantitative estimate of drug-likeness (QED) is 0.138. The molecule has 0 unspecified atom stereocenters. The molecule has 0 aliphatic carbocycles. The summed E-state index contributed by atoms with van der Waals surface area (Å²) in [5.41, 5.74) is 0. The van der Waals surface area contributed by atoms with Gasteiger partial charge in [-0.2, -0.15) is 12.8 Å². The SMILES string of the molecule is OP(O)(O)=S.OP(O)(O)=S.[CH2-]CCCCC.[CH2-]CCCCC.[O]=[Mo]. The van der Waals surface area contributed by atoms with Crippen LogP contribution in [0.4, 0.5) is 0 Å². The molecule has 0 aromatic rings. The standard InChI is InChI=1S/2C6H13.Mo.2H3O3PS.O/c2*1-3-5-6-4-2;;2*1-4(2,3)5;/h2*1,3-6H2,2H3;;2*(H3,1,2,3,5);/q2*-1;;;;. The first kappa shape index (κ1) is 36.5. The van der Waals surface area contributed by atoms with Gasteiger partial charge in [0, 0.05) is 0 Å². The number of unbranched alkanes of at least 4 members (excludes halogenated alkanes) is 6. The van der Waals surface area contributed by atoms with Crippen LogP contribution in [0.3, 0.4) is 0 Å². The molecule has 152 valence electrons. The van der Waals surface area contributed by atoms with Crippen LogP contribution in [0.25, 0.3) is 0 Å². The van der Waals surface area contributed by atoms with Crippen LogP contribution in [0, 0.1) is 13.8 Å². The molecule has 0 spiro atoms. The molecule has 0 amide bonds.